The molecule has 2 aliphatic rings. The number of carbonyl (C=O) groups excluding carboxylic acids is 1. The zero-order chi connectivity index (χ0) is 18.9. The molecule has 2 aliphatic heterocycles. The number of aromatic nitrogens is 2. The van der Waals surface area contributed by atoms with Gasteiger partial charge in [-0.3, -0.25) is 9.69 Å². The van der Waals surface area contributed by atoms with Crippen LogP contribution in [-0.2, 0) is 4.79 Å². The fraction of sp³-hybridized carbons (Fsp3) is 0.227. The highest BCUT2D eigenvalue weighted by atomic mass is 32.1. The van der Waals surface area contributed by atoms with Crippen LogP contribution in [0.3, 0.4) is 0 Å². The van der Waals surface area contributed by atoms with Crippen molar-refractivity contribution in [3.05, 3.63) is 65.3 Å². The van der Waals surface area contributed by atoms with E-state index in [-0.39, 0.29) is 5.91 Å². The van der Waals surface area contributed by atoms with E-state index in [0.29, 0.717) is 5.70 Å². The number of nitrogens with zero attached hydrogens (tertiary/aromatic N) is 4. The summed E-state index contributed by atoms with van der Waals surface area (Å²) in [5, 5.41) is 6.85. The normalized spacial score (nSPS) is 18.3. The highest BCUT2D eigenvalue weighted by molar-refractivity contribution is 7.13. The molecule has 1 saturated heterocycles. The van der Waals surface area contributed by atoms with Gasteiger partial charge in [0.05, 0.1) is 10.6 Å². The van der Waals surface area contributed by atoms with Crippen LogP contribution in [0.5, 0.6) is 0 Å². The van der Waals surface area contributed by atoms with Crippen LogP contribution in [0.25, 0.3) is 22.3 Å². The summed E-state index contributed by atoms with van der Waals surface area (Å²) < 4.78 is 1.87. The smallest absolute Gasteiger partial charge is 0.277 e. The Morgan fingerprint density at radius 2 is 1.93 bits per heavy atom. The molecule has 28 heavy (non-hydrogen) atoms. The Hall–Kier alpha value is -2.99. The van der Waals surface area contributed by atoms with E-state index >= 15 is 0 Å². The highest BCUT2D eigenvalue weighted by Crippen LogP contribution is 2.31. The van der Waals surface area contributed by atoms with Gasteiger partial charge in [-0.05, 0) is 42.5 Å². The summed E-state index contributed by atoms with van der Waals surface area (Å²) in [5.41, 5.74) is 3.29. The number of rotatable bonds is 3. The van der Waals surface area contributed by atoms with Gasteiger partial charge in [-0.25, -0.2) is 9.67 Å². The molecular formula is C22H20N4OS. The molecule has 6 heteroatoms. The van der Waals surface area contributed by atoms with Crippen LogP contribution in [0.15, 0.2) is 64.7 Å². The van der Waals surface area contributed by atoms with Gasteiger partial charge in [0.25, 0.3) is 5.91 Å². The van der Waals surface area contributed by atoms with Gasteiger partial charge in [-0.2, -0.15) is 5.10 Å². The lowest BCUT2D eigenvalue weighted by Gasteiger charge is -2.13. The molecule has 3 aromatic rings. The molecule has 5 nitrogen and oxygen atoms in total. The molecule has 1 aromatic carbocycles. The van der Waals surface area contributed by atoms with Crippen molar-refractivity contribution in [1.29, 1.82) is 0 Å². The molecule has 0 spiro atoms. The average molecular weight is 388 g/mol. The van der Waals surface area contributed by atoms with Crippen molar-refractivity contribution >= 4 is 29.2 Å². The molecule has 0 N–H and O–H groups in total. The van der Waals surface area contributed by atoms with Crippen molar-refractivity contribution in [1.82, 2.24) is 14.7 Å². The molecule has 140 valence electrons. The lowest BCUT2D eigenvalue weighted by molar-refractivity contribution is -0.122. The van der Waals surface area contributed by atoms with Gasteiger partial charge in [0.1, 0.15) is 17.2 Å². The first-order valence-electron chi connectivity index (χ1n) is 9.60. The van der Waals surface area contributed by atoms with Gasteiger partial charge in [-0.1, -0.05) is 30.7 Å². The fourth-order valence-electron chi connectivity index (χ4n) is 3.71. The first-order chi connectivity index (χ1) is 13.8. The van der Waals surface area contributed by atoms with Gasteiger partial charge in [0.15, 0.2) is 0 Å². The molecule has 1 fully saturated rings. The summed E-state index contributed by atoms with van der Waals surface area (Å²) in [5.74, 6) is 0.934. The van der Waals surface area contributed by atoms with Gasteiger partial charge in [0.2, 0.25) is 0 Å². The molecule has 0 aliphatic carbocycles. The van der Waals surface area contributed by atoms with Crippen molar-refractivity contribution in [2.45, 2.75) is 25.7 Å². The minimum atomic E-state index is 0.0153. The van der Waals surface area contributed by atoms with Crippen molar-refractivity contribution in [2.24, 2.45) is 4.99 Å². The fourth-order valence-corrected chi connectivity index (χ4v) is 4.44. The number of para-hydroxylation sites is 1. The summed E-state index contributed by atoms with van der Waals surface area (Å²) in [6, 6.07) is 14.1. The molecule has 1 amide bonds. The van der Waals surface area contributed by atoms with Gasteiger partial charge < -0.3 is 0 Å². The lowest BCUT2D eigenvalue weighted by Crippen LogP contribution is -2.31. The van der Waals surface area contributed by atoms with Crippen molar-refractivity contribution < 1.29 is 4.79 Å². The van der Waals surface area contributed by atoms with Crippen LogP contribution in [-0.4, -0.2) is 33.0 Å². The Balaban J connectivity index is 1.59. The van der Waals surface area contributed by atoms with Crippen LogP contribution in [0, 0.1) is 0 Å². The lowest BCUT2D eigenvalue weighted by atomic mass is 10.2. The number of benzene rings is 1. The molecule has 4 heterocycles. The zero-order valence-electron chi connectivity index (χ0n) is 15.4. The third kappa shape index (κ3) is 3.10. The molecule has 0 atom stereocenters. The van der Waals surface area contributed by atoms with E-state index in [0.717, 1.165) is 59.9 Å². The maximum atomic E-state index is 12.9. The van der Waals surface area contributed by atoms with Crippen molar-refractivity contribution in [2.75, 3.05) is 6.54 Å². The summed E-state index contributed by atoms with van der Waals surface area (Å²) in [6.07, 6.45) is 8.06. The number of thiophene rings is 1. The van der Waals surface area contributed by atoms with E-state index in [1.54, 1.807) is 11.3 Å². The highest BCUT2D eigenvalue weighted by Gasteiger charge is 2.31. The van der Waals surface area contributed by atoms with E-state index in [9.17, 15) is 4.79 Å². The number of amidine groups is 1. The molecule has 0 radical (unpaired) electrons. The summed E-state index contributed by atoms with van der Waals surface area (Å²) in [7, 11) is 0. The van der Waals surface area contributed by atoms with Crippen LogP contribution in [0.1, 0.15) is 31.2 Å². The van der Waals surface area contributed by atoms with E-state index in [4.69, 9.17) is 5.10 Å². The van der Waals surface area contributed by atoms with Gasteiger partial charge in [-0.15, -0.1) is 11.3 Å². The van der Waals surface area contributed by atoms with Crippen molar-refractivity contribution in [3.8, 4) is 16.3 Å². The van der Waals surface area contributed by atoms with Gasteiger partial charge >= 0.3 is 0 Å². The average Bonchev–Trinajstić information content (AvgIpc) is 3.41. The Labute approximate surface area is 167 Å². The number of hydrogen-bond donors (Lipinski definition) is 0. The van der Waals surface area contributed by atoms with Crippen LogP contribution in [0.4, 0.5) is 0 Å². The summed E-state index contributed by atoms with van der Waals surface area (Å²) in [6.45, 7) is 0.774. The molecule has 2 aromatic heterocycles. The van der Waals surface area contributed by atoms with Gasteiger partial charge in [0, 0.05) is 24.7 Å². The minimum Gasteiger partial charge on any atom is -0.295 e. The Bertz CT molecular complexity index is 1060. The quantitative estimate of drug-likeness (QED) is 0.608. The first-order valence-corrected chi connectivity index (χ1v) is 10.5. The second kappa shape index (κ2) is 7.20. The van der Waals surface area contributed by atoms with Crippen LogP contribution in [0.2, 0.25) is 0 Å². The second-order valence-electron chi connectivity index (χ2n) is 7.02. The molecule has 0 saturated carbocycles. The second-order valence-corrected chi connectivity index (χ2v) is 7.96. The predicted octanol–water partition coefficient (Wildman–Crippen LogP) is 4.76. The Morgan fingerprint density at radius 3 is 2.75 bits per heavy atom. The third-order valence-corrected chi connectivity index (χ3v) is 5.99. The van der Waals surface area contributed by atoms with E-state index < -0.39 is 0 Å². The molecule has 0 unspecified atom stereocenters. The van der Waals surface area contributed by atoms with E-state index in [1.807, 2.05) is 63.6 Å². The largest absolute Gasteiger partial charge is 0.295 e. The topological polar surface area (TPSA) is 50.5 Å². The molecule has 0 bridgehead atoms. The SMILES string of the molecule is O=C1/C(=C/c2cn(-c3ccccc3)nc2-c2cccs2)N=C2CCCCCN12. The number of amides is 1. The van der Waals surface area contributed by atoms with E-state index in [2.05, 4.69) is 11.1 Å². The maximum Gasteiger partial charge on any atom is 0.277 e. The predicted molar refractivity (Wildman–Crippen MR) is 112 cm³/mol. The maximum absolute atomic E-state index is 12.9. The zero-order valence-corrected chi connectivity index (χ0v) is 16.2. The Kier molecular flexibility index (Phi) is 4.41. The van der Waals surface area contributed by atoms with E-state index in [1.165, 1.54) is 0 Å². The monoisotopic (exact) mass is 388 g/mol. The first kappa shape index (κ1) is 17.1. The van der Waals surface area contributed by atoms with Crippen molar-refractivity contribution in [3.63, 3.8) is 0 Å². The minimum absolute atomic E-state index is 0.0153. The summed E-state index contributed by atoms with van der Waals surface area (Å²) >= 11 is 1.64. The number of hydrogen-bond acceptors (Lipinski definition) is 4. The Morgan fingerprint density at radius 1 is 1.04 bits per heavy atom. The summed E-state index contributed by atoms with van der Waals surface area (Å²) in [4.78, 5) is 20.5. The van der Waals surface area contributed by atoms with Crippen LogP contribution >= 0.6 is 11.3 Å². The third-order valence-electron chi connectivity index (χ3n) is 5.12. The standard InChI is InChI=1S/C22H20N4OS/c27-22-18(23-20-11-5-2-6-12-25(20)22)14-16-15-26(17-8-3-1-4-9-17)24-21(16)19-10-7-13-28-19/h1,3-4,7-10,13-15H,2,5-6,11-12H2/b18-14-. The number of carbonyl (C=O) groups is 1. The van der Waals surface area contributed by atoms with Crippen LogP contribution < -0.4 is 0 Å². The molecular weight excluding hydrogens is 368 g/mol. The molecule has 5 rings (SSSR count). The number of aliphatic imine (C=N–C) groups is 1. The number of fused-ring (bicyclic) bond motifs is 1.